The highest BCUT2D eigenvalue weighted by Gasteiger charge is 2.33. The van der Waals surface area contributed by atoms with E-state index in [4.69, 9.17) is 4.42 Å². The number of benzene rings is 1. The molecule has 0 saturated carbocycles. The molecule has 0 radical (unpaired) electrons. The van der Waals surface area contributed by atoms with Crippen molar-refractivity contribution in [3.63, 3.8) is 0 Å². The Morgan fingerprint density at radius 2 is 2.04 bits per heavy atom. The fraction of sp³-hybridized carbons (Fsp3) is 0.364. The lowest BCUT2D eigenvalue weighted by molar-refractivity contribution is -0.130. The minimum atomic E-state index is -0.486. The van der Waals surface area contributed by atoms with Gasteiger partial charge in [0.1, 0.15) is 11.5 Å². The number of hydrogen-bond acceptors (Lipinski definition) is 5. The fourth-order valence-corrected chi connectivity index (χ4v) is 3.81. The first kappa shape index (κ1) is 18.7. The standard InChI is InChI=1S/C22H25N3O3/c1-24(2)21(27)11-16-12-25(14-19(16)26)13-17-8-9-20(28-17)18-7-3-5-15-6-4-10-23-22(15)18/h3-10,16,19,26H,11-14H2,1-2H3/t16-,19-/m1/s1. The summed E-state index contributed by atoms with van der Waals surface area (Å²) in [6.07, 6.45) is 1.67. The van der Waals surface area contributed by atoms with Crippen LogP contribution in [0.2, 0.25) is 0 Å². The summed E-state index contributed by atoms with van der Waals surface area (Å²) in [6.45, 7) is 1.85. The van der Waals surface area contributed by atoms with E-state index >= 15 is 0 Å². The second-order valence-corrected chi connectivity index (χ2v) is 7.66. The molecule has 1 saturated heterocycles. The van der Waals surface area contributed by atoms with Crippen molar-refractivity contribution in [1.82, 2.24) is 14.8 Å². The Morgan fingerprint density at radius 3 is 2.86 bits per heavy atom. The first-order chi connectivity index (χ1) is 13.5. The third kappa shape index (κ3) is 3.79. The number of amides is 1. The molecule has 146 valence electrons. The SMILES string of the molecule is CN(C)C(=O)C[C@@H]1CN(Cc2ccc(-c3cccc4cccnc34)o2)C[C@H]1O. The van der Waals surface area contributed by atoms with Crippen molar-refractivity contribution in [2.75, 3.05) is 27.2 Å². The molecule has 2 atom stereocenters. The van der Waals surface area contributed by atoms with Gasteiger partial charge in [-0.15, -0.1) is 0 Å². The molecule has 1 N–H and O–H groups in total. The van der Waals surface area contributed by atoms with E-state index < -0.39 is 6.10 Å². The molecule has 0 bridgehead atoms. The maximum atomic E-state index is 11.9. The number of para-hydroxylation sites is 1. The van der Waals surface area contributed by atoms with E-state index in [0.29, 0.717) is 26.1 Å². The van der Waals surface area contributed by atoms with Crippen LogP contribution in [0.3, 0.4) is 0 Å². The van der Waals surface area contributed by atoms with Crippen molar-refractivity contribution in [1.29, 1.82) is 0 Å². The van der Waals surface area contributed by atoms with Gasteiger partial charge in [-0.25, -0.2) is 0 Å². The van der Waals surface area contributed by atoms with Crippen molar-refractivity contribution in [2.45, 2.75) is 19.1 Å². The van der Waals surface area contributed by atoms with Gasteiger partial charge in [0.25, 0.3) is 0 Å². The summed E-state index contributed by atoms with van der Waals surface area (Å²) in [7, 11) is 3.49. The molecule has 1 amide bonds. The summed E-state index contributed by atoms with van der Waals surface area (Å²) in [5, 5.41) is 11.4. The molecule has 0 unspecified atom stereocenters. The molecule has 1 fully saturated rings. The monoisotopic (exact) mass is 379 g/mol. The average Bonchev–Trinajstić information content (AvgIpc) is 3.28. The number of carbonyl (C=O) groups is 1. The average molecular weight is 379 g/mol. The number of aliphatic hydroxyl groups is 1. The zero-order valence-corrected chi connectivity index (χ0v) is 16.2. The largest absolute Gasteiger partial charge is 0.460 e. The summed E-state index contributed by atoms with van der Waals surface area (Å²) < 4.78 is 6.09. The summed E-state index contributed by atoms with van der Waals surface area (Å²) in [5.74, 6) is 1.65. The van der Waals surface area contributed by atoms with Gasteiger partial charge in [-0.2, -0.15) is 0 Å². The number of nitrogens with zero attached hydrogens (tertiary/aromatic N) is 3. The highest BCUT2D eigenvalue weighted by Crippen LogP contribution is 2.30. The van der Waals surface area contributed by atoms with Crippen LogP contribution in [-0.4, -0.2) is 59.1 Å². The second-order valence-electron chi connectivity index (χ2n) is 7.66. The van der Waals surface area contributed by atoms with Crippen LogP contribution in [-0.2, 0) is 11.3 Å². The van der Waals surface area contributed by atoms with E-state index in [1.807, 2.05) is 42.5 Å². The minimum Gasteiger partial charge on any atom is -0.460 e. The van der Waals surface area contributed by atoms with Crippen LogP contribution in [0.15, 0.2) is 53.1 Å². The van der Waals surface area contributed by atoms with Gasteiger partial charge in [0.2, 0.25) is 5.91 Å². The number of carbonyl (C=O) groups excluding carboxylic acids is 1. The lowest BCUT2D eigenvalue weighted by Crippen LogP contribution is -2.28. The van der Waals surface area contributed by atoms with Crippen molar-refractivity contribution < 1.29 is 14.3 Å². The number of β-amino-alcohol motifs (C(OH)–C–C–N with tert-alkyl or cyclic N) is 1. The number of likely N-dealkylation sites (tertiary alicyclic amines) is 1. The zero-order valence-electron chi connectivity index (χ0n) is 16.2. The molecule has 3 aromatic rings. The third-order valence-electron chi connectivity index (χ3n) is 5.36. The number of furan rings is 1. The van der Waals surface area contributed by atoms with Gasteiger partial charge in [0, 0.05) is 56.7 Å². The first-order valence-electron chi connectivity index (χ1n) is 9.54. The lowest BCUT2D eigenvalue weighted by Gasteiger charge is -2.16. The molecule has 2 aromatic heterocycles. The number of fused-ring (bicyclic) bond motifs is 1. The normalized spacial score (nSPS) is 20.0. The maximum absolute atomic E-state index is 11.9. The van der Waals surface area contributed by atoms with Crippen LogP contribution in [0, 0.1) is 5.92 Å². The molecule has 0 spiro atoms. The van der Waals surface area contributed by atoms with Gasteiger partial charge in [0.15, 0.2) is 0 Å². The Hall–Kier alpha value is -2.70. The van der Waals surface area contributed by atoms with Crippen molar-refractivity contribution >= 4 is 16.8 Å². The Balaban J connectivity index is 1.46. The highest BCUT2D eigenvalue weighted by atomic mass is 16.3. The van der Waals surface area contributed by atoms with E-state index in [1.165, 1.54) is 0 Å². The number of hydrogen-bond donors (Lipinski definition) is 1. The number of rotatable bonds is 5. The molecular weight excluding hydrogens is 354 g/mol. The van der Waals surface area contributed by atoms with E-state index in [1.54, 1.807) is 25.2 Å². The molecule has 4 rings (SSSR count). The summed E-state index contributed by atoms with van der Waals surface area (Å²) in [4.78, 5) is 20.2. The second kappa shape index (κ2) is 7.73. The maximum Gasteiger partial charge on any atom is 0.222 e. The minimum absolute atomic E-state index is 0.0356. The van der Waals surface area contributed by atoms with E-state index in [2.05, 4.69) is 9.88 Å². The fourth-order valence-electron chi connectivity index (χ4n) is 3.81. The van der Waals surface area contributed by atoms with E-state index in [0.717, 1.165) is 28.0 Å². The number of aliphatic hydroxyl groups excluding tert-OH is 1. The van der Waals surface area contributed by atoms with Crippen molar-refractivity contribution in [3.8, 4) is 11.3 Å². The van der Waals surface area contributed by atoms with Gasteiger partial charge >= 0.3 is 0 Å². The number of aromatic nitrogens is 1. The Morgan fingerprint density at radius 1 is 1.21 bits per heavy atom. The van der Waals surface area contributed by atoms with Gasteiger partial charge in [-0.1, -0.05) is 18.2 Å². The summed E-state index contributed by atoms with van der Waals surface area (Å²) in [6, 6.07) is 14.0. The van der Waals surface area contributed by atoms with Crippen molar-refractivity contribution in [3.05, 3.63) is 54.4 Å². The quantitative estimate of drug-likeness (QED) is 0.738. The van der Waals surface area contributed by atoms with Crippen LogP contribution in [0.5, 0.6) is 0 Å². The molecule has 1 aliphatic heterocycles. The number of pyridine rings is 1. The molecule has 0 aliphatic carbocycles. The predicted octanol–water partition coefficient (Wildman–Crippen LogP) is 2.77. The zero-order chi connectivity index (χ0) is 19.7. The topological polar surface area (TPSA) is 69.8 Å². The summed E-state index contributed by atoms with van der Waals surface area (Å²) in [5.41, 5.74) is 1.89. The summed E-state index contributed by atoms with van der Waals surface area (Å²) >= 11 is 0. The molecule has 6 heteroatoms. The molecule has 1 aliphatic rings. The molecular formula is C22H25N3O3. The third-order valence-corrected chi connectivity index (χ3v) is 5.36. The molecule has 1 aromatic carbocycles. The highest BCUT2D eigenvalue weighted by molar-refractivity contribution is 5.92. The van der Waals surface area contributed by atoms with Crippen LogP contribution in [0.25, 0.3) is 22.2 Å². The van der Waals surface area contributed by atoms with Crippen LogP contribution < -0.4 is 0 Å². The molecule has 3 heterocycles. The van der Waals surface area contributed by atoms with Crippen LogP contribution >= 0.6 is 0 Å². The van der Waals surface area contributed by atoms with E-state index in [-0.39, 0.29) is 11.8 Å². The van der Waals surface area contributed by atoms with E-state index in [9.17, 15) is 9.90 Å². The smallest absolute Gasteiger partial charge is 0.222 e. The van der Waals surface area contributed by atoms with Crippen LogP contribution in [0.1, 0.15) is 12.2 Å². The van der Waals surface area contributed by atoms with Gasteiger partial charge in [0.05, 0.1) is 18.2 Å². The van der Waals surface area contributed by atoms with Gasteiger partial charge in [-0.3, -0.25) is 14.7 Å². The van der Waals surface area contributed by atoms with Gasteiger partial charge < -0.3 is 14.4 Å². The van der Waals surface area contributed by atoms with Crippen molar-refractivity contribution in [2.24, 2.45) is 5.92 Å². The Bertz CT molecular complexity index is 977. The molecule has 6 nitrogen and oxygen atoms in total. The Kier molecular flexibility index (Phi) is 5.15. The van der Waals surface area contributed by atoms with Crippen LogP contribution in [0.4, 0.5) is 0 Å². The Labute approximate surface area is 164 Å². The lowest BCUT2D eigenvalue weighted by atomic mass is 10.0. The van der Waals surface area contributed by atoms with Gasteiger partial charge in [-0.05, 0) is 24.3 Å². The molecule has 28 heavy (non-hydrogen) atoms. The predicted molar refractivity (Wildman–Crippen MR) is 108 cm³/mol. The first-order valence-corrected chi connectivity index (χ1v) is 9.54.